The molecule has 0 radical (unpaired) electrons. The molecule has 136 valence electrons. The number of nitrogens with zero attached hydrogens (tertiary/aromatic N) is 2. The molecule has 0 aliphatic carbocycles. The van der Waals surface area contributed by atoms with E-state index >= 15 is 0 Å². The standard InChI is InChI=1S/C10H24NO.C8H20NO/c1-6-11(7-8-12,9(2)3)10(4)5;1-4-9(5-2,6-3)7-8-10/h9-10,12H,6-8H2,1-5H3;10H,4-8H2,1-3H3/q2*+1. The summed E-state index contributed by atoms with van der Waals surface area (Å²) in [6.45, 7) is 24.6. The van der Waals surface area contributed by atoms with Crippen molar-refractivity contribution in [2.45, 2.75) is 67.5 Å². The van der Waals surface area contributed by atoms with Crippen LogP contribution in [0.4, 0.5) is 0 Å². The zero-order valence-corrected chi connectivity index (χ0v) is 16.6. The molecule has 0 aromatic rings. The molecule has 4 heteroatoms. The van der Waals surface area contributed by atoms with Crippen LogP contribution in [0, 0.1) is 0 Å². The largest absolute Gasteiger partial charge is 0.391 e. The lowest BCUT2D eigenvalue weighted by Crippen LogP contribution is -2.58. The lowest BCUT2D eigenvalue weighted by Gasteiger charge is -2.45. The summed E-state index contributed by atoms with van der Waals surface area (Å²) in [5, 5.41) is 17.8. The number of likely N-dealkylation sites (N-methyl/N-ethyl adjacent to an activating group) is 2. The van der Waals surface area contributed by atoms with E-state index in [4.69, 9.17) is 10.2 Å². The van der Waals surface area contributed by atoms with Gasteiger partial charge < -0.3 is 19.2 Å². The number of hydrogen-bond acceptors (Lipinski definition) is 2. The third kappa shape index (κ3) is 6.95. The molecule has 0 saturated carbocycles. The number of rotatable bonds is 10. The first-order valence-corrected chi connectivity index (χ1v) is 9.18. The van der Waals surface area contributed by atoms with Gasteiger partial charge in [0.05, 0.1) is 51.5 Å². The van der Waals surface area contributed by atoms with E-state index in [2.05, 4.69) is 55.4 Å². The van der Waals surface area contributed by atoms with Crippen LogP contribution in [0.1, 0.15) is 55.4 Å². The van der Waals surface area contributed by atoms with Crippen molar-refractivity contribution in [3.05, 3.63) is 0 Å². The van der Waals surface area contributed by atoms with Gasteiger partial charge in [0.25, 0.3) is 0 Å². The van der Waals surface area contributed by atoms with Crippen molar-refractivity contribution in [2.24, 2.45) is 0 Å². The van der Waals surface area contributed by atoms with Gasteiger partial charge in [0.15, 0.2) is 0 Å². The predicted octanol–water partition coefficient (Wildman–Crippen LogP) is 2.49. The van der Waals surface area contributed by atoms with Gasteiger partial charge in [-0.25, -0.2) is 0 Å². The van der Waals surface area contributed by atoms with Crippen molar-refractivity contribution in [2.75, 3.05) is 52.5 Å². The van der Waals surface area contributed by atoms with Crippen LogP contribution >= 0.6 is 0 Å². The van der Waals surface area contributed by atoms with Gasteiger partial charge in [-0.05, 0) is 55.4 Å². The van der Waals surface area contributed by atoms with Crippen LogP contribution in [0.2, 0.25) is 0 Å². The summed E-state index contributed by atoms with van der Waals surface area (Å²) >= 11 is 0. The fraction of sp³-hybridized carbons (Fsp3) is 1.00. The molecule has 2 N–H and O–H groups in total. The average molecular weight is 321 g/mol. The van der Waals surface area contributed by atoms with E-state index in [0.717, 1.165) is 48.2 Å². The highest BCUT2D eigenvalue weighted by Crippen LogP contribution is 2.18. The highest BCUT2D eigenvalue weighted by Gasteiger charge is 2.31. The molecule has 0 aliphatic rings. The van der Waals surface area contributed by atoms with Crippen LogP contribution in [0.15, 0.2) is 0 Å². The van der Waals surface area contributed by atoms with Crippen LogP contribution in [0.25, 0.3) is 0 Å². The highest BCUT2D eigenvalue weighted by atomic mass is 16.3. The van der Waals surface area contributed by atoms with E-state index in [0.29, 0.717) is 25.3 Å². The molecule has 0 aromatic carbocycles. The zero-order chi connectivity index (χ0) is 17.8. The molecule has 22 heavy (non-hydrogen) atoms. The van der Waals surface area contributed by atoms with Gasteiger partial charge >= 0.3 is 0 Å². The van der Waals surface area contributed by atoms with Gasteiger partial charge in [-0.2, -0.15) is 0 Å². The maximum absolute atomic E-state index is 9.02. The van der Waals surface area contributed by atoms with Crippen LogP contribution in [0.3, 0.4) is 0 Å². The summed E-state index contributed by atoms with van der Waals surface area (Å²) in [7, 11) is 0. The molecule has 0 aliphatic heterocycles. The minimum Gasteiger partial charge on any atom is -0.391 e. The highest BCUT2D eigenvalue weighted by molar-refractivity contribution is 4.52. The van der Waals surface area contributed by atoms with E-state index in [1.165, 1.54) is 0 Å². The molecular weight excluding hydrogens is 276 g/mol. The molecule has 0 amide bonds. The Balaban J connectivity index is 0. The van der Waals surface area contributed by atoms with Crippen molar-refractivity contribution < 1.29 is 19.2 Å². The molecule has 0 rings (SSSR count). The molecule has 0 spiro atoms. The second-order valence-electron chi connectivity index (χ2n) is 6.79. The van der Waals surface area contributed by atoms with Crippen molar-refractivity contribution in [3.8, 4) is 0 Å². The minimum absolute atomic E-state index is 0.296. The Morgan fingerprint density at radius 1 is 0.636 bits per heavy atom. The molecule has 0 heterocycles. The number of hydrogen-bond donors (Lipinski definition) is 2. The second kappa shape index (κ2) is 12.3. The monoisotopic (exact) mass is 320 g/mol. The third-order valence-corrected chi connectivity index (χ3v) is 5.75. The van der Waals surface area contributed by atoms with E-state index in [-0.39, 0.29) is 0 Å². The van der Waals surface area contributed by atoms with Gasteiger partial charge in [-0.15, -0.1) is 0 Å². The van der Waals surface area contributed by atoms with E-state index < -0.39 is 0 Å². The van der Waals surface area contributed by atoms with Gasteiger partial charge in [-0.1, -0.05) is 0 Å². The molecule has 4 nitrogen and oxygen atoms in total. The second-order valence-corrected chi connectivity index (χ2v) is 6.79. The lowest BCUT2D eigenvalue weighted by molar-refractivity contribution is -0.965. The summed E-state index contributed by atoms with van der Waals surface area (Å²) in [5.74, 6) is 0. The van der Waals surface area contributed by atoms with Crippen molar-refractivity contribution in [1.29, 1.82) is 0 Å². The molecule has 0 fully saturated rings. The fourth-order valence-corrected chi connectivity index (χ4v) is 3.54. The Labute approximate surface area is 139 Å². The van der Waals surface area contributed by atoms with Crippen LogP contribution in [-0.2, 0) is 0 Å². The van der Waals surface area contributed by atoms with Gasteiger partial charge in [0.2, 0.25) is 0 Å². The summed E-state index contributed by atoms with van der Waals surface area (Å²) in [4.78, 5) is 0. The Morgan fingerprint density at radius 3 is 1.09 bits per heavy atom. The Morgan fingerprint density at radius 2 is 1.00 bits per heavy atom. The van der Waals surface area contributed by atoms with Crippen molar-refractivity contribution >= 4 is 0 Å². The first-order valence-electron chi connectivity index (χ1n) is 9.18. The van der Waals surface area contributed by atoms with Gasteiger partial charge in [-0.3, -0.25) is 0 Å². The maximum Gasteiger partial charge on any atom is 0.102 e. The SMILES string of the molecule is CC[N+](CC)(CC)CCO.CC[N+](CCO)(C(C)C)C(C)C. The predicted molar refractivity (Wildman–Crippen MR) is 96.9 cm³/mol. The third-order valence-electron chi connectivity index (χ3n) is 5.75. The lowest BCUT2D eigenvalue weighted by atomic mass is 10.1. The summed E-state index contributed by atoms with van der Waals surface area (Å²) < 4.78 is 2.08. The first-order chi connectivity index (χ1) is 10.3. The van der Waals surface area contributed by atoms with Gasteiger partial charge in [0.1, 0.15) is 13.1 Å². The van der Waals surface area contributed by atoms with E-state index in [9.17, 15) is 0 Å². The Hall–Kier alpha value is -0.160. The molecular formula is C18H44N2O2+2. The van der Waals surface area contributed by atoms with Crippen LogP contribution in [0.5, 0.6) is 0 Å². The number of aliphatic hydroxyl groups excluding tert-OH is 2. The normalized spacial score (nSPS) is 12.5. The van der Waals surface area contributed by atoms with E-state index in [1.54, 1.807) is 0 Å². The maximum atomic E-state index is 9.02. The molecule has 0 bridgehead atoms. The zero-order valence-electron chi connectivity index (χ0n) is 16.6. The molecule has 0 saturated heterocycles. The number of quaternary nitrogens is 2. The molecule has 0 unspecified atom stereocenters. The first kappa shape index (κ1) is 24.1. The molecule has 0 atom stereocenters. The Kier molecular flexibility index (Phi) is 13.5. The van der Waals surface area contributed by atoms with Gasteiger partial charge in [0, 0.05) is 0 Å². The smallest absolute Gasteiger partial charge is 0.102 e. The fourth-order valence-electron chi connectivity index (χ4n) is 3.54. The van der Waals surface area contributed by atoms with E-state index in [1.807, 2.05) is 0 Å². The topological polar surface area (TPSA) is 40.5 Å². The summed E-state index contributed by atoms with van der Waals surface area (Å²) in [6, 6.07) is 1.20. The van der Waals surface area contributed by atoms with Crippen LogP contribution in [-0.4, -0.2) is 83.7 Å². The van der Waals surface area contributed by atoms with Crippen LogP contribution < -0.4 is 0 Å². The van der Waals surface area contributed by atoms with Crippen molar-refractivity contribution in [3.63, 3.8) is 0 Å². The minimum atomic E-state index is 0.296. The Bertz CT molecular complexity index is 235. The quantitative estimate of drug-likeness (QED) is 0.607. The summed E-state index contributed by atoms with van der Waals surface area (Å²) in [5.41, 5.74) is 0. The van der Waals surface area contributed by atoms with Crippen molar-refractivity contribution in [1.82, 2.24) is 0 Å². The summed E-state index contributed by atoms with van der Waals surface area (Å²) in [6.07, 6.45) is 0. The molecule has 0 aromatic heterocycles. The number of aliphatic hydroxyl groups is 2. The average Bonchev–Trinajstić information content (AvgIpc) is 2.50.